The normalized spacial score (nSPS) is 12.9. The highest BCUT2D eigenvalue weighted by Gasteiger charge is 2.33. The number of amides is 1. The summed E-state index contributed by atoms with van der Waals surface area (Å²) < 4.78 is 81.0. The molecule has 0 saturated carbocycles. The second-order valence-electron chi connectivity index (χ2n) is 7.83. The summed E-state index contributed by atoms with van der Waals surface area (Å²) in [5.74, 6) is -2.53. The molecule has 1 aromatic heterocycles. The quantitative estimate of drug-likeness (QED) is 0.379. The molecular weight excluding hydrogens is 530 g/mol. The molecule has 0 aliphatic heterocycles. The predicted octanol–water partition coefficient (Wildman–Crippen LogP) is 4.30. The number of rotatable bonds is 7. The first-order chi connectivity index (χ1) is 16.6. The van der Waals surface area contributed by atoms with E-state index in [0.717, 1.165) is 24.3 Å². The largest absolute Gasteiger partial charge is 0.573 e. The van der Waals surface area contributed by atoms with Crippen molar-refractivity contribution in [2.24, 2.45) is 5.14 Å². The second kappa shape index (κ2) is 10.1. The van der Waals surface area contributed by atoms with Crippen molar-refractivity contribution in [2.75, 3.05) is 5.32 Å². The van der Waals surface area contributed by atoms with Crippen LogP contribution in [-0.2, 0) is 16.4 Å². The third kappa shape index (κ3) is 6.35. The predicted molar refractivity (Wildman–Crippen MR) is 123 cm³/mol. The maximum Gasteiger partial charge on any atom is 0.573 e. The average Bonchev–Trinajstić information content (AvgIpc) is 3.01. The number of primary sulfonamides is 1. The highest BCUT2D eigenvalue weighted by Crippen LogP contribution is 2.34. The van der Waals surface area contributed by atoms with Gasteiger partial charge in [-0.1, -0.05) is 11.6 Å². The van der Waals surface area contributed by atoms with E-state index in [1.807, 2.05) is 0 Å². The van der Waals surface area contributed by atoms with Gasteiger partial charge in [0.1, 0.15) is 10.7 Å². The minimum absolute atomic E-state index is 0.0135. The van der Waals surface area contributed by atoms with Crippen LogP contribution in [0.25, 0.3) is 5.69 Å². The number of aliphatic hydroxyl groups excluding tert-OH is 1. The summed E-state index contributed by atoms with van der Waals surface area (Å²) in [4.78, 5) is 12.7. The number of ether oxygens (including phenoxy) is 1. The highest BCUT2D eigenvalue weighted by molar-refractivity contribution is 7.89. The van der Waals surface area contributed by atoms with E-state index in [1.54, 1.807) is 0 Å². The Hall–Kier alpha value is -3.13. The number of sulfonamides is 1. The van der Waals surface area contributed by atoms with Gasteiger partial charge in [-0.2, -0.15) is 0 Å². The Morgan fingerprint density at radius 1 is 1.22 bits per heavy atom. The molecule has 14 heteroatoms. The van der Waals surface area contributed by atoms with Gasteiger partial charge >= 0.3 is 6.36 Å². The first-order valence-corrected chi connectivity index (χ1v) is 12.1. The number of carbonyl (C=O) groups is 1. The molecule has 1 atom stereocenters. The molecule has 3 rings (SSSR count). The van der Waals surface area contributed by atoms with E-state index in [9.17, 15) is 35.9 Å². The molecule has 0 aliphatic rings. The summed E-state index contributed by atoms with van der Waals surface area (Å²) in [5.41, 5.74) is 0.327. The van der Waals surface area contributed by atoms with Crippen molar-refractivity contribution >= 4 is 33.2 Å². The molecule has 1 amide bonds. The molecule has 0 spiro atoms. The number of halogens is 5. The van der Waals surface area contributed by atoms with E-state index < -0.39 is 40.0 Å². The first-order valence-electron chi connectivity index (χ1n) is 10.2. The van der Waals surface area contributed by atoms with Gasteiger partial charge in [0, 0.05) is 29.6 Å². The zero-order valence-corrected chi connectivity index (χ0v) is 20.3. The van der Waals surface area contributed by atoms with Gasteiger partial charge in [-0.3, -0.25) is 4.79 Å². The number of anilines is 1. The van der Waals surface area contributed by atoms with Crippen molar-refractivity contribution < 1.29 is 40.6 Å². The van der Waals surface area contributed by atoms with Crippen LogP contribution in [-0.4, -0.2) is 36.5 Å². The topological polar surface area (TPSA) is 124 Å². The van der Waals surface area contributed by atoms with Crippen LogP contribution in [0.5, 0.6) is 5.75 Å². The third-order valence-corrected chi connectivity index (χ3v) is 6.35. The fourth-order valence-electron chi connectivity index (χ4n) is 3.58. The van der Waals surface area contributed by atoms with Gasteiger partial charge in [0.15, 0.2) is 5.75 Å². The fourth-order valence-corrected chi connectivity index (χ4v) is 4.67. The summed E-state index contributed by atoms with van der Waals surface area (Å²) in [7, 11) is -4.09. The van der Waals surface area contributed by atoms with E-state index in [-0.39, 0.29) is 44.7 Å². The van der Waals surface area contributed by atoms with Gasteiger partial charge < -0.3 is 19.7 Å². The number of carbonyl (C=O) groups excluding carboxylic acids is 1. The van der Waals surface area contributed by atoms with Crippen LogP contribution in [0, 0.1) is 12.7 Å². The molecule has 3 aromatic rings. The molecule has 0 aliphatic carbocycles. The molecule has 194 valence electrons. The maximum atomic E-state index is 13.7. The third-order valence-electron chi connectivity index (χ3n) is 4.96. The molecule has 1 heterocycles. The smallest absolute Gasteiger partial charge is 0.403 e. The minimum Gasteiger partial charge on any atom is -0.403 e. The minimum atomic E-state index is -5.11. The zero-order chi connectivity index (χ0) is 27.0. The van der Waals surface area contributed by atoms with Crippen LogP contribution in [0.2, 0.25) is 5.02 Å². The summed E-state index contributed by atoms with van der Waals surface area (Å²) >= 11 is 5.95. The number of hydrogen-bond acceptors (Lipinski definition) is 5. The Labute approximate surface area is 208 Å². The number of nitrogens with one attached hydrogen (secondary N) is 1. The molecule has 0 radical (unpaired) electrons. The number of nitrogens with zero attached hydrogens (tertiary/aromatic N) is 1. The Kier molecular flexibility index (Phi) is 7.69. The van der Waals surface area contributed by atoms with Crippen molar-refractivity contribution in [3.05, 3.63) is 70.3 Å². The number of aliphatic hydroxyl groups is 1. The Morgan fingerprint density at radius 2 is 1.89 bits per heavy atom. The van der Waals surface area contributed by atoms with Gasteiger partial charge in [0.05, 0.1) is 22.4 Å². The highest BCUT2D eigenvalue weighted by atomic mass is 35.5. The van der Waals surface area contributed by atoms with Crippen molar-refractivity contribution in [1.82, 2.24) is 4.57 Å². The maximum absolute atomic E-state index is 13.7. The Balaban J connectivity index is 2.07. The molecule has 0 bridgehead atoms. The van der Waals surface area contributed by atoms with E-state index in [2.05, 4.69) is 10.1 Å². The lowest BCUT2D eigenvalue weighted by Crippen LogP contribution is -2.19. The van der Waals surface area contributed by atoms with Gasteiger partial charge in [0.2, 0.25) is 10.0 Å². The van der Waals surface area contributed by atoms with E-state index in [0.29, 0.717) is 6.07 Å². The molecule has 0 saturated heterocycles. The van der Waals surface area contributed by atoms with Gasteiger partial charge in [-0.05, 0) is 50.2 Å². The second-order valence-corrected chi connectivity index (χ2v) is 9.76. The zero-order valence-electron chi connectivity index (χ0n) is 18.7. The molecule has 0 fully saturated rings. The molecular formula is C22H20ClF4N3O5S. The van der Waals surface area contributed by atoms with Crippen molar-refractivity contribution in [2.45, 2.75) is 37.6 Å². The molecule has 0 unspecified atom stereocenters. The van der Waals surface area contributed by atoms with Crippen molar-refractivity contribution in [3.8, 4) is 11.4 Å². The van der Waals surface area contributed by atoms with Gasteiger partial charge in [-0.25, -0.2) is 17.9 Å². The Morgan fingerprint density at radius 3 is 2.44 bits per heavy atom. The molecule has 2 aromatic carbocycles. The summed E-state index contributed by atoms with van der Waals surface area (Å²) in [6, 6.07) is 7.42. The average molecular weight is 550 g/mol. The molecule has 8 nitrogen and oxygen atoms in total. The number of benzene rings is 2. The number of aromatic nitrogens is 1. The number of hydrogen-bond donors (Lipinski definition) is 3. The lowest BCUT2D eigenvalue weighted by atomic mass is 10.2. The van der Waals surface area contributed by atoms with Crippen LogP contribution in [0.3, 0.4) is 0 Å². The van der Waals surface area contributed by atoms with E-state index >= 15 is 0 Å². The van der Waals surface area contributed by atoms with E-state index in [1.165, 1.54) is 30.5 Å². The standard InChI is InChI=1S/C22H20ClF4N3O5S/c1-11(31)7-15-10-16(21(32)29-14-4-6-20(17(23)9-14)36(28,33)34)12(2)30(15)18-5-3-13(24)8-19(18)35-22(25,26)27/h3-6,8-11,31H,7H2,1-2H3,(H,29,32)(H2,28,33,34)/t11-/m0/s1. The number of alkyl halides is 3. The lowest BCUT2D eigenvalue weighted by molar-refractivity contribution is -0.274. The number of nitrogens with two attached hydrogens (primary N) is 1. The summed E-state index contributed by atoms with van der Waals surface area (Å²) in [6.07, 6.45) is -6.12. The van der Waals surface area contributed by atoms with Crippen LogP contribution in [0.1, 0.15) is 28.7 Å². The summed E-state index contributed by atoms with van der Waals surface area (Å²) in [6.45, 7) is 2.89. The van der Waals surface area contributed by atoms with Gasteiger partial charge in [0.25, 0.3) is 5.91 Å². The molecule has 4 N–H and O–H groups in total. The van der Waals surface area contributed by atoms with Crippen LogP contribution >= 0.6 is 11.6 Å². The van der Waals surface area contributed by atoms with Crippen molar-refractivity contribution in [1.29, 1.82) is 0 Å². The lowest BCUT2D eigenvalue weighted by Gasteiger charge is -2.18. The fraction of sp³-hybridized carbons (Fsp3) is 0.227. The Bertz CT molecular complexity index is 1420. The van der Waals surface area contributed by atoms with E-state index in [4.69, 9.17) is 16.7 Å². The SMILES string of the molecule is Cc1c(C(=O)Nc2ccc(S(N)(=O)=O)c(Cl)c2)cc(C[C@H](C)O)n1-c1ccc(F)cc1OC(F)(F)F. The monoisotopic (exact) mass is 549 g/mol. The van der Waals surface area contributed by atoms with Gasteiger partial charge in [-0.15, -0.1) is 13.2 Å². The first kappa shape index (κ1) is 27.5. The van der Waals surface area contributed by atoms with Crippen LogP contribution in [0.15, 0.2) is 47.4 Å². The van der Waals surface area contributed by atoms with Crippen molar-refractivity contribution in [3.63, 3.8) is 0 Å². The van der Waals surface area contributed by atoms with Crippen LogP contribution in [0.4, 0.5) is 23.2 Å². The van der Waals surface area contributed by atoms with Crippen LogP contribution < -0.4 is 15.2 Å². The molecule has 36 heavy (non-hydrogen) atoms. The summed E-state index contributed by atoms with van der Waals surface area (Å²) in [5, 5.41) is 17.3.